The van der Waals surface area contributed by atoms with E-state index >= 15 is 0 Å². The monoisotopic (exact) mass is 287 g/mol. The molecule has 0 spiro atoms. The molecule has 18 heavy (non-hydrogen) atoms. The Hall–Kier alpha value is -1.07. The van der Waals surface area contributed by atoms with E-state index in [1.165, 1.54) is 16.2 Å². The second kappa shape index (κ2) is 5.28. The van der Waals surface area contributed by atoms with Crippen molar-refractivity contribution < 1.29 is 14.7 Å². The smallest absolute Gasteiger partial charge is 0.326 e. The minimum atomic E-state index is -0.933. The van der Waals surface area contributed by atoms with Crippen LogP contribution in [0.4, 0.5) is 0 Å². The van der Waals surface area contributed by atoms with Crippen molar-refractivity contribution in [2.45, 2.75) is 25.8 Å². The third kappa shape index (κ3) is 2.67. The number of hydrogen-bond donors (Lipinski definition) is 1. The Morgan fingerprint density at radius 2 is 2.22 bits per heavy atom. The Kier molecular flexibility index (Phi) is 3.92. The minimum absolute atomic E-state index is 0.230. The van der Waals surface area contributed by atoms with Crippen LogP contribution >= 0.6 is 22.9 Å². The van der Waals surface area contributed by atoms with Gasteiger partial charge < -0.3 is 10.0 Å². The van der Waals surface area contributed by atoms with Gasteiger partial charge in [-0.25, -0.2) is 4.79 Å². The van der Waals surface area contributed by atoms with Gasteiger partial charge >= 0.3 is 5.97 Å². The van der Waals surface area contributed by atoms with E-state index in [2.05, 4.69) is 0 Å². The van der Waals surface area contributed by atoms with Crippen molar-refractivity contribution in [3.05, 3.63) is 21.3 Å². The molecule has 1 saturated heterocycles. The number of likely N-dealkylation sites (tertiary alicyclic amines) is 1. The van der Waals surface area contributed by atoms with E-state index in [0.717, 1.165) is 6.42 Å². The van der Waals surface area contributed by atoms with Crippen molar-refractivity contribution in [3.8, 4) is 0 Å². The number of aliphatic carboxylic acids is 1. The predicted molar refractivity (Wildman–Crippen MR) is 70.2 cm³/mol. The van der Waals surface area contributed by atoms with Crippen molar-refractivity contribution in [1.82, 2.24) is 4.90 Å². The summed E-state index contributed by atoms with van der Waals surface area (Å²) in [7, 11) is 0. The minimum Gasteiger partial charge on any atom is -0.480 e. The van der Waals surface area contributed by atoms with Gasteiger partial charge in [0.2, 0.25) is 0 Å². The molecule has 1 aromatic rings. The zero-order chi connectivity index (χ0) is 13.3. The van der Waals surface area contributed by atoms with Gasteiger partial charge in [0.25, 0.3) is 5.91 Å². The van der Waals surface area contributed by atoms with Crippen molar-refractivity contribution in [1.29, 1.82) is 0 Å². The summed E-state index contributed by atoms with van der Waals surface area (Å²) in [6, 6.07) is 2.58. The molecule has 1 aromatic heterocycles. The second-order valence-electron chi connectivity index (χ2n) is 4.59. The molecule has 0 bridgehead atoms. The average molecular weight is 288 g/mol. The normalized spacial score (nSPS) is 24.0. The molecule has 0 saturated carbocycles. The molecular formula is C12H14ClNO3S. The molecule has 4 nitrogen and oxygen atoms in total. The number of carbonyl (C=O) groups is 2. The SMILES string of the molecule is CC1CCN(C(=O)c2ccc(Cl)s2)C(C(=O)O)C1. The molecule has 0 aromatic carbocycles. The van der Waals surface area contributed by atoms with E-state index < -0.39 is 12.0 Å². The van der Waals surface area contributed by atoms with Crippen molar-refractivity contribution in [2.75, 3.05) is 6.54 Å². The summed E-state index contributed by atoms with van der Waals surface area (Å²) in [6.07, 6.45) is 1.36. The Morgan fingerprint density at radius 1 is 1.50 bits per heavy atom. The number of hydrogen-bond acceptors (Lipinski definition) is 3. The van der Waals surface area contributed by atoms with Crippen LogP contribution in [0.25, 0.3) is 0 Å². The van der Waals surface area contributed by atoms with Crippen LogP contribution in [0, 0.1) is 5.92 Å². The van der Waals surface area contributed by atoms with Gasteiger partial charge in [-0.05, 0) is 30.9 Å². The number of nitrogens with zero attached hydrogens (tertiary/aromatic N) is 1. The number of rotatable bonds is 2. The quantitative estimate of drug-likeness (QED) is 0.910. The maximum Gasteiger partial charge on any atom is 0.326 e. The fourth-order valence-electron chi connectivity index (χ4n) is 2.19. The summed E-state index contributed by atoms with van der Waals surface area (Å²) in [5.74, 6) is -0.828. The van der Waals surface area contributed by atoms with Gasteiger partial charge in [-0.3, -0.25) is 4.79 Å². The zero-order valence-electron chi connectivity index (χ0n) is 9.93. The van der Waals surface area contributed by atoms with Crippen LogP contribution in [-0.2, 0) is 4.79 Å². The Balaban J connectivity index is 2.20. The molecule has 1 aliphatic rings. The first-order valence-electron chi connectivity index (χ1n) is 5.78. The van der Waals surface area contributed by atoms with Crippen molar-refractivity contribution >= 4 is 34.8 Å². The standard InChI is InChI=1S/C12H14ClNO3S/c1-7-4-5-14(8(6-7)12(16)17)11(15)9-2-3-10(13)18-9/h2-3,7-8H,4-6H2,1H3,(H,16,17). The van der Waals surface area contributed by atoms with Gasteiger partial charge in [0.1, 0.15) is 6.04 Å². The number of carboxylic acid groups (broad SMARTS) is 1. The largest absolute Gasteiger partial charge is 0.480 e. The van der Waals surface area contributed by atoms with Crippen LogP contribution in [0.1, 0.15) is 29.4 Å². The number of carboxylic acids is 1. The molecular weight excluding hydrogens is 274 g/mol. The molecule has 1 amide bonds. The van der Waals surface area contributed by atoms with E-state index in [9.17, 15) is 14.7 Å². The number of carbonyl (C=O) groups excluding carboxylic acids is 1. The molecule has 1 N–H and O–H groups in total. The Bertz CT molecular complexity index is 474. The lowest BCUT2D eigenvalue weighted by molar-refractivity contribution is -0.144. The fraction of sp³-hybridized carbons (Fsp3) is 0.500. The molecule has 2 unspecified atom stereocenters. The lowest BCUT2D eigenvalue weighted by Gasteiger charge is -2.35. The molecule has 0 aliphatic carbocycles. The highest BCUT2D eigenvalue weighted by atomic mass is 35.5. The maximum atomic E-state index is 12.2. The lowest BCUT2D eigenvalue weighted by atomic mass is 9.92. The van der Waals surface area contributed by atoms with E-state index in [4.69, 9.17) is 11.6 Å². The molecule has 2 rings (SSSR count). The molecule has 2 heterocycles. The number of halogens is 1. The fourth-order valence-corrected chi connectivity index (χ4v) is 3.19. The van der Waals surface area contributed by atoms with Gasteiger partial charge in [-0.1, -0.05) is 18.5 Å². The Morgan fingerprint density at radius 3 is 2.78 bits per heavy atom. The number of amides is 1. The molecule has 2 atom stereocenters. The summed E-state index contributed by atoms with van der Waals surface area (Å²) in [6.45, 7) is 2.51. The first-order valence-corrected chi connectivity index (χ1v) is 6.97. The summed E-state index contributed by atoms with van der Waals surface area (Å²) in [5, 5.41) is 9.21. The molecule has 1 fully saturated rings. The zero-order valence-corrected chi connectivity index (χ0v) is 11.5. The highest BCUT2D eigenvalue weighted by Crippen LogP contribution is 2.28. The summed E-state index contributed by atoms with van der Waals surface area (Å²) >= 11 is 6.98. The van der Waals surface area contributed by atoms with E-state index in [1.54, 1.807) is 12.1 Å². The third-order valence-corrected chi connectivity index (χ3v) is 4.41. The first-order chi connectivity index (χ1) is 8.49. The Labute approximate surface area is 114 Å². The molecule has 6 heteroatoms. The second-order valence-corrected chi connectivity index (χ2v) is 6.30. The van der Waals surface area contributed by atoms with E-state index in [1.807, 2.05) is 6.92 Å². The van der Waals surface area contributed by atoms with Crippen LogP contribution in [-0.4, -0.2) is 34.5 Å². The number of thiophene rings is 1. The van der Waals surface area contributed by atoms with Gasteiger partial charge in [0.15, 0.2) is 0 Å². The van der Waals surface area contributed by atoms with Crippen LogP contribution in [0.2, 0.25) is 4.34 Å². The molecule has 0 radical (unpaired) electrons. The van der Waals surface area contributed by atoms with Crippen LogP contribution < -0.4 is 0 Å². The third-order valence-electron chi connectivity index (χ3n) is 3.19. The topological polar surface area (TPSA) is 57.6 Å². The molecule has 1 aliphatic heterocycles. The van der Waals surface area contributed by atoms with Crippen LogP contribution in [0.3, 0.4) is 0 Å². The van der Waals surface area contributed by atoms with Crippen LogP contribution in [0.15, 0.2) is 12.1 Å². The highest BCUT2D eigenvalue weighted by Gasteiger charge is 2.35. The number of piperidine rings is 1. The summed E-state index contributed by atoms with van der Waals surface area (Å²) in [5.41, 5.74) is 0. The summed E-state index contributed by atoms with van der Waals surface area (Å²) < 4.78 is 0.538. The predicted octanol–water partition coefficient (Wildman–Crippen LogP) is 2.73. The average Bonchev–Trinajstić information content (AvgIpc) is 2.75. The van der Waals surface area contributed by atoms with Crippen molar-refractivity contribution in [3.63, 3.8) is 0 Å². The van der Waals surface area contributed by atoms with Crippen molar-refractivity contribution in [2.24, 2.45) is 5.92 Å². The van der Waals surface area contributed by atoms with Gasteiger partial charge in [0, 0.05) is 6.54 Å². The van der Waals surface area contributed by atoms with Gasteiger partial charge in [-0.15, -0.1) is 11.3 Å². The lowest BCUT2D eigenvalue weighted by Crippen LogP contribution is -2.49. The van der Waals surface area contributed by atoms with E-state index in [-0.39, 0.29) is 5.91 Å². The van der Waals surface area contributed by atoms with Crippen LogP contribution in [0.5, 0.6) is 0 Å². The van der Waals surface area contributed by atoms with Gasteiger partial charge in [0.05, 0.1) is 9.21 Å². The summed E-state index contributed by atoms with van der Waals surface area (Å²) in [4.78, 5) is 25.4. The van der Waals surface area contributed by atoms with E-state index in [0.29, 0.717) is 28.1 Å². The maximum absolute atomic E-state index is 12.2. The highest BCUT2D eigenvalue weighted by molar-refractivity contribution is 7.17. The first kappa shape index (κ1) is 13.4. The molecule has 98 valence electrons. The van der Waals surface area contributed by atoms with Gasteiger partial charge in [-0.2, -0.15) is 0 Å².